The molecule has 2 aromatic heterocycles. The minimum atomic E-state index is 0.891. The number of rotatable bonds is 10. The van der Waals surface area contributed by atoms with Crippen molar-refractivity contribution in [2.75, 3.05) is 9.80 Å². The van der Waals surface area contributed by atoms with Crippen LogP contribution in [0.1, 0.15) is 0 Å². The first-order valence-corrected chi connectivity index (χ1v) is 23.8. The van der Waals surface area contributed by atoms with Gasteiger partial charge in [0.1, 0.15) is 11.2 Å². The number of para-hydroxylation sites is 5. The van der Waals surface area contributed by atoms with Gasteiger partial charge in [-0.3, -0.25) is 0 Å². The first-order valence-electron chi connectivity index (χ1n) is 23.8. The van der Waals surface area contributed by atoms with Gasteiger partial charge in [-0.25, -0.2) is 0 Å². The monoisotopic (exact) mass is 895 g/mol. The lowest BCUT2D eigenvalue weighted by molar-refractivity contribution is 0.670. The lowest BCUT2D eigenvalue weighted by Crippen LogP contribution is -2.14. The number of anilines is 6. The Bertz CT molecular complexity index is 3920. The van der Waals surface area contributed by atoms with Crippen molar-refractivity contribution in [3.05, 3.63) is 273 Å². The lowest BCUT2D eigenvalue weighted by Gasteiger charge is -2.31. The van der Waals surface area contributed by atoms with Crippen molar-refractivity contribution in [3.8, 4) is 39.1 Å². The highest BCUT2D eigenvalue weighted by Crippen LogP contribution is 2.45. The zero-order chi connectivity index (χ0) is 46.4. The molecule has 13 aromatic rings. The van der Waals surface area contributed by atoms with Crippen molar-refractivity contribution in [2.24, 2.45) is 0 Å². The fraction of sp³-hybridized carbons (Fsp3) is 0. The third kappa shape index (κ3) is 7.27. The smallest absolute Gasteiger partial charge is 0.143 e. The minimum absolute atomic E-state index is 0.891. The Morgan fingerprint density at radius 3 is 1.20 bits per heavy atom. The minimum Gasteiger partial charge on any atom is -0.455 e. The molecule has 0 saturated heterocycles. The normalized spacial score (nSPS) is 11.4. The molecule has 11 aromatic carbocycles. The van der Waals surface area contributed by atoms with Gasteiger partial charge in [-0.1, -0.05) is 188 Å². The van der Waals surface area contributed by atoms with E-state index in [2.05, 4.69) is 275 Å². The topological polar surface area (TPSA) is 24.6 Å². The van der Waals surface area contributed by atoms with E-state index >= 15 is 0 Å². The highest BCUT2D eigenvalue weighted by atomic mass is 16.3. The summed E-state index contributed by atoms with van der Waals surface area (Å²) in [6.07, 6.45) is 0. The molecule has 0 spiro atoms. The molecule has 0 fully saturated rings. The highest BCUT2D eigenvalue weighted by molar-refractivity contribution is 6.10. The molecule has 0 N–H and O–H groups in total. The van der Waals surface area contributed by atoms with Gasteiger partial charge >= 0.3 is 0 Å². The van der Waals surface area contributed by atoms with Gasteiger partial charge in [-0.15, -0.1) is 0 Å². The van der Waals surface area contributed by atoms with Crippen LogP contribution in [0.25, 0.3) is 82.8 Å². The van der Waals surface area contributed by atoms with Gasteiger partial charge in [-0.05, 0) is 113 Å². The Balaban J connectivity index is 1.04. The number of benzene rings is 11. The van der Waals surface area contributed by atoms with Crippen LogP contribution in [0.4, 0.5) is 34.1 Å². The van der Waals surface area contributed by atoms with Crippen molar-refractivity contribution in [2.45, 2.75) is 0 Å². The maximum Gasteiger partial charge on any atom is 0.143 e. The summed E-state index contributed by atoms with van der Waals surface area (Å²) in [6.45, 7) is 0. The van der Waals surface area contributed by atoms with Crippen LogP contribution in [-0.4, -0.2) is 4.57 Å². The number of furan rings is 1. The van der Waals surface area contributed by atoms with Crippen LogP contribution >= 0.6 is 0 Å². The van der Waals surface area contributed by atoms with Crippen molar-refractivity contribution < 1.29 is 4.42 Å². The van der Waals surface area contributed by atoms with E-state index in [4.69, 9.17) is 4.42 Å². The zero-order valence-electron chi connectivity index (χ0n) is 38.2. The zero-order valence-corrected chi connectivity index (χ0v) is 38.2. The summed E-state index contributed by atoms with van der Waals surface area (Å²) in [5.41, 5.74) is 18.2. The van der Waals surface area contributed by atoms with Gasteiger partial charge < -0.3 is 18.8 Å². The highest BCUT2D eigenvalue weighted by Gasteiger charge is 2.22. The van der Waals surface area contributed by atoms with Gasteiger partial charge in [0.05, 0.1) is 28.1 Å². The molecule has 0 aliphatic heterocycles. The van der Waals surface area contributed by atoms with Crippen molar-refractivity contribution in [1.82, 2.24) is 4.57 Å². The molecule has 0 radical (unpaired) electrons. The quantitative estimate of drug-likeness (QED) is 0.137. The fourth-order valence-electron chi connectivity index (χ4n) is 10.3. The standard InChI is InChI=1S/C66H45N3O/c1-4-17-46(18-5-1)48-31-37-52(38-32-48)67(51-21-8-3-9-22-51)55-43-56(45-57(44-55)69-63-28-13-10-23-59(63)60-24-11-14-29-64(60)69)68(53-39-33-49(34-40-53)47-19-6-2-7-20-47)54-41-35-50(36-42-54)58-26-16-27-62-61-25-12-15-30-65(61)70-66(58)62/h1-45H. The third-order valence-corrected chi connectivity index (χ3v) is 13.6. The Hall–Kier alpha value is -9.38. The van der Waals surface area contributed by atoms with Gasteiger partial charge in [0.15, 0.2) is 0 Å². The molecule has 0 unspecified atom stereocenters. The molecular formula is C66H45N3O. The van der Waals surface area contributed by atoms with Gasteiger partial charge in [-0.2, -0.15) is 0 Å². The van der Waals surface area contributed by atoms with Crippen LogP contribution in [0.5, 0.6) is 0 Å². The molecule has 0 aliphatic rings. The van der Waals surface area contributed by atoms with Crippen molar-refractivity contribution in [3.63, 3.8) is 0 Å². The summed E-state index contributed by atoms with van der Waals surface area (Å²) >= 11 is 0. The van der Waals surface area contributed by atoms with Crippen LogP contribution < -0.4 is 9.80 Å². The van der Waals surface area contributed by atoms with Gasteiger partial charge in [0.25, 0.3) is 0 Å². The van der Waals surface area contributed by atoms with E-state index in [0.717, 1.165) is 89.5 Å². The first kappa shape index (κ1) is 40.9. The molecule has 4 nitrogen and oxygen atoms in total. The second-order valence-corrected chi connectivity index (χ2v) is 17.7. The molecule has 330 valence electrons. The van der Waals surface area contributed by atoms with E-state index in [9.17, 15) is 0 Å². The molecular weight excluding hydrogens is 851 g/mol. The summed E-state index contributed by atoms with van der Waals surface area (Å²) in [7, 11) is 0. The van der Waals surface area contributed by atoms with Crippen LogP contribution in [-0.2, 0) is 0 Å². The molecule has 0 bridgehead atoms. The van der Waals surface area contributed by atoms with Gasteiger partial charge in [0, 0.05) is 49.9 Å². The average Bonchev–Trinajstić information content (AvgIpc) is 3.99. The average molecular weight is 896 g/mol. The molecule has 0 saturated carbocycles. The maximum absolute atomic E-state index is 6.53. The number of aromatic nitrogens is 1. The predicted molar refractivity (Wildman–Crippen MR) is 294 cm³/mol. The van der Waals surface area contributed by atoms with E-state index in [-0.39, 0.29) is 0 Å². The SMILES string of the molecule is c1ccc(-c2ccc(N(c3ccccc3)c3cc(N(c4ccc(-c5ccccc5)cc4)c4ccc(-c5cccc6c5oc5ccccc56)cc4)cc(-n4c5ccccc5c5ccccc54)c3)cc2)cc1. The third-order valence-electron chi connectivity index (χ3n) is 13.6. The van der Waals surface area contributed by atoms with Crippen LogP contribution in [0, 0.1) is 0 Å². The van der Waals surface area contributed by atoms with E-state index < -0.39 is 0 Å². The van der Waals surface area contributed by atoms with E-state index in [1.54, 1.807) is 0 Å². The molecule has 13 rings (SSSR count). The second kappa shape index (κ2) is 17.4. The molecule has 2 heterocycles. The number of nitrogens with zero attached hydrogens (tertiary/aromatic N) is 3. The summed E-state index contributed by atoms with van der Waals surface area (Å²) < 4.78 is 8.96. The van der Waals surface area contributed by atoms with Crippen LogP contribution in [0.2, 0.25) is 0 Å². The second-order valence-electron chi connectivity index (χ2n) is 17.7. The van der Waals surface area contributed by atoms with Crippen LogP contribution in [0.3, 0.4) is 0 Å². The lowest BCUT2D eigenvalue weighted by atomic mass is 10.0. The fourth-order valence-corrected chi connectivity index (χ4v) is 10.3. The van der Waals surface area contributed by atoms with Gasteiger partial charge in [0.2, 0.25) is 0 Å². The maximum atomic E-state index is 6.53. The Kier molecular flexibility index (Phi) is 10.1. The first-order chi connectivity index (χ1) is 34.7. The number of fused-ring (bicyclic) bond motifs is 6. The number of hydrogen-bond donors (Lipinski definition) is 0. The van der Waals surface area contributed by atoms with Crippen molar-refractivity contribution >= 4 is 77.9 Å². The molecule has 70 heavy (non-hydrogen) atoms. The summed E-state index contributed by atoms with van der Waals surface area (Å²) in [5.74, 6) is 0. The molecule has 0 amide bonds. The Labute approximate surface area is 406 Å². The molecule has 0 atom stereocenters. The largest absolute Gasteiger partial charge is 0.455 e. The predicted octanol–water partition coefficient (Wildman–Crippen LogP) is 18.6. The Morgan fingerprint density at radius 1 is 0.271 bits per heavy atom. The molecule has 4 heteroatoms. The van der Waals surface area contributed by atoms with Crippen molar-refractivity contribution in [1.29, 1.82) is 0 Å². The van der Waals surface area contributed by atoms with E-state index in [1.807, 2.05) is 12.1 Å². The van der Waals surface area contributed by atoms with E-state index in [1.165, 1.54) is 27.5 Å². The van der Waals surface area contributed by atoms with Crippen LogP contribution in [0.15, 0.2) is 277 Å². The molecule has 0 aliphatic carbocycles. The summed E-state index contributed by atoms with van der Waals surface area (Å²) in [6, 6.07) is 97.9. The summed E-state index contributed by atoms with van der Waals surface area (Å²) in [4.78, 5) is 4.77. The number of hydrogen-bond acceptors (Lipinski definition) is 3. The van der Waals surface area contributed by atoms with E-state index in [0.29, 0.717) is 0 Å². The Morgan fingerprint density at radius 2 is 0.671 bits per heavy atom. The summed E-state index contributed by atoms with van der Waals surface area (Å²) in [5, 5.41) is 4.66.